The van der Waals surface area contributed by atoms with Crippen molar-refractivity contribution in [3.63, 3.8) is 0 Å². The highest BCUT2D eigenvalue weighted by Crippen LogP contribution is 2.28. The maximum atomic E-state index is 13.4. The molecule has 1 aromatic heterocycles. The minimum Gasteiger partial charge on any atom is -0.337 e. The first kappa shape index (κ1) is 22.8. The number of fused-ring (bicyclic) bond motifs is 1. The summed E-state index contributed by atoms with van der Waals surface area (Å²) in [5, 5.41) is 12.3. The average Bonchev–Trinajstić information content (AvgIpc) is 3.30. The van der Waals surface area contributed by atoms with Gasteiger partial charge < -0.3 is 10.2 Å². The number of amides is 1. The molecular formula is C23H34ClN5O. The second-order valence-electron chi connectivity index (χ2n) is 8.84. The third kappa shape index (κ3) is 4.54. The standard InChI is InChI=1S/C23H33N5O.ClH/c1-4-6-21-22(23(29)27-11-9-18-14-24-15-19(18)10-12-27)25-26-28(21)20-8-5-7-17(13-20)16(2)3;/h5,7-8,13,16,18-19,24H,4,6,9-12,14-15H2,1-3H3;1H/t18-,19+;. The van der Waals surface area contributed by atoms with Gasteiger partial charge in [-0.05, 0) is 67.8 Å². The average molecular weight is 432 g/mol. The lowest BCUT2D eigenvalue weighted by atomic mass is 9.92. The summed E-state index contributed by atoms with van der Waals surface area (Å²) in [6, 6.07) is 8.41. The fourth-order valence-corrected chi connectivity index (χ4v) is 4.72. The molecule has 0 aliphatic carbocycles. The summed E-state index contributed by atoms with van der Waals surface area (Å²) in [6.45, 7) is 10.3. The smallest absolute Gasteiger partial charge is 0.276 e. The first-order valence-electron chi connectivity index (χ1n) is 11.1. The van der Waals surface area contributed by atoms with E-state index in [1.54, 1.807) is 0 Å². The second-order valence-corrected chi connectivity index (χ2v) is 8.84. The molecule has 1 N–H and O–H groups in total. The van der Waals surface area contributed by atoms with Gasteiger partial charge >= 0.3 is 0 Å². The van der Waals surface area contributed by atoms with E-state index in [4.69, 9.17) is 0 Å². The predicted molar refractivity (Wildman–Crippen MR) is 122 cm³/mol. The van der Waals surface area contributed by atoms with Gasteiger partial charge in [0.05, 0.1) is 11.4 Å². The molecule has 6 nitrogen and oxygen atoms in total. The first-order valence-corrected chi connectivity index (χ1v) is 11.1. The van der Waals surface area contributed by atoms with E-state index in [0.717, 1.165) is 63.2 Å². The van der Waals surface area contributed by atoms with Crippen molar-refractivity contribution >= 4 is 18.3 Å². The third-order valence-electron chi connectivity index (χ3n) is 6.54. The molecule has 2 fully saturated rings. The van der Waals surface area contributed by atoms with Crippen molar-refractivity contribution in [2.24, 2.45) is 11.8 Å². The van der Waals surface area contributed by atoms with Crippen LogP contribution in [-0.2, 0) is 6.42 Å². The lowest BCUT2D eigenvalue weighted by Crippen LogP contribution is -2.33. The van der Waals surface area contributed by atoms with Crippen molar-refractivity contribution in [2.45, 2.75) is 52.4 Å². The van der Waals surface area contributed by atoms with Crippen LogP contribution in [0.3, 0.4) is 0 Å². The van der Waals surface area contributed by atoms with Crippen molar-refractivity contribution in [3.05, 3.63) is 41.2 Å². The number of benzene rings is 1. The Morgan fingerprint density at radius 3 is 2.53 bits per heavy atom. The van der Waals surface area contributed by atoms with E-state index >= 15 is 0 Å². The van der Waals surface area contributed by atoms with E-state index in [9.17, 15) is 4.79 Å². The van der Waals surface area contributed by atoms with Crippen molar-refractivity contribution in [2.75, 3.05) is 26.2 Å². The van der Waals surface area contributed by atoms with Gasteiger partial charge in [-0.2, -0.15) is 0 Å². The molecule has 1 amide bonds. The molecule has 164 valence electrons. The van der Waals surface area contributed by atoms with Gasteiger partial charge in [-0.3, -0.25) is 4.79 Å². The highest BCUT2D eigenvalue weighted by atomic mass is 35.5. The molecule has 3 heterocycles. The fourth-order valence-electron chi connectivity index (χ4n) is 4.72. The SMILES string of the molecule is CCCc1c(C(=O)N2CC[C@@H]3CNC[C@@H]3CC2)nnn1-c1cccc(C(C)C)c1.Cl. The zero-order valence-corrected chi connectivity index (χ0v) is 19.1. The number of aromatic nitrogens is 3. The third-order valence-corrected chi connectivity index (χ3v) is 6.54. The van der Waals surface area contributed by atoms with Crippen molar-refractivity contribution < 1.29 is 4.79 Å². The number of carbonyl (C=O) groups excluding carboxylic acids is 1. The Morgan fingerprint density at radius 2 is 1.90 bits per heavy atom. The molecule has 2 saturated heterocycles. The Labute approximate surface area is 185 Å². The van der Waals surface area contributed by atoms with Gasteiger partial charge in [0.25, 0.3) is 5.91 Å². The molecule has 0 unspecified atom stereocenters. The molecule has 0 saturated carbocycles. The number of hydrogen-bond donors (Lipinski definition) is 1. The summed E-state index contributed by atoms with van der Waals surface area (Å²) in [6.07, 6.45) is 3.91. The van der Waals surface area contributed by atoms with Crippen LogP contribution in [0.5, 0.6) is 0 Å². The molecule has 0 bridgehead atoms. The zero-order valence-electron chi connectivity index (χ0n) is 18.3. The minimum atomic E-state index is 0. The van der Waals surface area contributed by atoms with Crippen LogP contribution >= 0.6 is 12.4 Å². The van der Waals surface area contributed by atoms with Gasteiger partial charge in [0.2, 0.25) is 0 Å². The van der Waals surface area contributed by atoms with Crippen LogP contribution in [0.2, 0.25) is 0 Å². The Hall–Kier alpha value is -1.92. The van der Waals surface area contributed by atoms with Crippen LogP contribution in [0.4, 0.5) is 0 Å². The molecule has 2 aromatic rings. The molecule has 30 heavy (non-hydrogen) atoms. The first-order chi connectivity index (χ1) is 14.1. The van der Waals surface area contributed by atoms with E-state index in [-0.39, 0.29) is 18.3 Å². The van der Waals surface area contributed by atoms with E-state index in [1.165, 1.54) is 5.56 Å². The number of nitrogens with one attached hydrogen (secondary N) is 1. The Balaban J connectivity index is 0.00000256. The lowest BCUT2D eigenvalue weighted by Gasteiger charge is -2.20. The summed E-state index contributed by atoms with van der Waals surface area (Å²) < 4.78 is 1.87. The number of carbonyl (C=O) groups is 1. The number of halogens is 1. The topological polar surface area (TPSA) is 63.1 Å². The van der Waals surface area contributed by atoms with Crippen LogP contribution in [0.25, 0.3) is 5.69 Å². The molecular weight excluding hydrogens is 398 g/mol. The lowest BCUT2D eigenvalue weighted by molar-refractivity contribution is 0.0751. The van der Waals surface area contributed by atoms with Crippen LogP contribution in [0, 0.1) is 11.8 Å². The van der Waals surface area contributed by atoms with Gasteiger partial charge in [-0.1, -0.05) is 44.5 Å². The second kappa shape index (κ2) is 9.92. The normalized spacial score (nSPS) is 21.3. The molecule has 2 atom stereocenters. The summed E-state index contributed by atoms with van der Waals surface area (Å²) in [5.74, 6) is 1.91. The van der Waals surface area contributed by atoms with Gasteiger partial charge in [0.1, 0.15) is 0 Å². The van der Waals surface area contributed by atoms with Gasteiger partial charge in [0.15, 0.2) is 5.69 Å². The molecule has 0 radical (unpaired) electrons. The van der Waals surface area contributed by atoms with Crippen LogP contribution in [-0.4, -0.2) is 52.0 Å². The number of hydrogen-bond acceptors (Lipinski definition) is 4. The highest BCUT2D eigenvalue weighted by molar-refractivity contribution is 5.93. The Morgan fingerprint density at radius 1 is 1.20 bits per heavy atom. The molecule has 2 aliphatic rings. The highest BCUT2D eigenvalue weighted by Gasteiger charge is 2.33. The van der Waals surface area contributed by atoms with Crippen molar-refractivity contribution in [1.82, 2.24) is 25.2 Å². The molecule has 1 aromatic carbocycles. The summed E-state index contributed by atoms with van der Waals surface area (Å²) in [4.78, 5) is 15.4. The van der Waals surface area contributed by atoms with E-state index in [2.05, 4.69) is 54.6 Å². The van der Waals surface area contributed by atoms with Gasteiger partial charge in [0, 0.05) is 13.1 Å². The number of rotatable bonds is 5. The molecule has 0 spiro atoms. The molecule has 2 aliphatic heterocycles. The van der Waals surface area contributed by atoms with E-state index in [0.29, 0.717) is 23.4 Å². The van der Waals surface area contributed by atoms with Crippen molar-refractivity contribution in [1.29, 1.82) is 0 Å². The maximum absolute atomic E-state index is 13.4. The quantitative estimate of drug-likeness (QED) is 0.781. The Kier molecular flexibility index (Phi) is 7.53. The monoisotopic (exact) mass is 431 g/mol. The summed E-state index contributed by atoms with van der Waals surface area (Å²) in [7, 11) is 0. The predicted octanol–water partition coefficient (Wildman–Crippen LogP) is 3.84. The van der Waals surface area contributed by atoms with Crippen LogP contribution < -0.4 is 5.32 Å². The van der Waals surface area contributed by atoms with Crippen LogP contribution in [0.15, 0.2) is 24.3 Å². The fraction of sp³-hybridized carbons (Fsp3) is 0.609. The number of nitrogens with zero attached hydrogens (tertiary/aromatic N) is 4. The van der Waals surface area contributed by atoms with Crippen LogP contribution in [0.1, 0.15) is 67.7 Å². The van der Waals surface area contributed by atoms with E-state index in [1.807, 2.05) is 15.6 Å². The van der Waals surface area contributed by atoms with Gasteiger partial charge in [-0.25, -0.2) is 4.68 Å². The summed E-state index contributed by atoms with van der Waals surface area (Å²) >= 11 is 0. The molecule has 7 heteroatoms. The Bertz CT molecular complexity index is 851. The minimum absolute atomic E-state index is 0. The van der Waals surface area contributed by atoms with Gasteiger partial charge in [-0.15, -0.1) is 17.5 Å². The maximum Gasteiger partial charge on any atom is 0.276 e. The largest absolute Gasteiger partial charge is 0.337 e. The number of likely N-dealkylation sites (tertiary alicyclic amines) is 1. The van der Waals surface area contributed by atoms with E-state index < -0.39 is 0 Å². The molecule has 4 rings (SSSR count). The summed E-state index contributed by atoms with van der Waals surface area (Å²) in [5.41, 5.74) is 3.72. The van der Waals surface area contributed by atoms with Crippen molar-refractivity contribution in [3.8, 4) is 5.69 Å². The zero-order chi connectivity index (χ0) is 20.4.